The van der Waals surface area contributed by atoms with Crippen molar-refractivity contribution < 1.29 is 14.1 Å². The van der Waals surface area contributed by atoms with Gasteiger partial charge in [0.15, 0.2) is 0 Å². The van der Waals surface area contributed by atoms with Gasteiger partial charge in [0.05, 0.1) is 13.2 Å². The lowest BCUT2D eigenvalue weighted by Gasteiger charge is -2.20. The molecule has 0 bridgehead atoms. The summed E-state index contributed by atoms with van der Waals surface area (Å²) in [7, 11) is 1.63. The molecule has 0 radical (unpaired) electrons. The molecule has 4 rings (SSSR count). The zero-order valence-electron chi connectivity index (χ0n) is 18.2. The predicted molar refractivity (Wildman–Crippen MR) is 127 cm³/mol. The molecule has 0 saturated heterocycles. The van der Waals surface area contributed by atoms with Crippen LogP contribution < -0.4 is 10.1 Å². The summed E-state index contributed by atoms with van der Waals surface area (Å²) in [5.41, 5.74) is 2.83. The van der Waals surface area contributed by atoms with Crippen LogP contribution in [0.5, 0.6) is 5.75 Å². The van der Waals surface area contributed by atoms with Gasteiger partial charge in [0.2, 0.25) is 17.6 Å². The van der Waals surface area contributed by atoms with E-state index in [-0.39, 0.29) is 11.9 Å². The Bertz CT molecular complexity index is 1180. The largest absolute Gasteiger partial charge is 0.497 e. The van der Waals surface area contributed by atoms with Crippen molar-refractivity contribution in [1.29, 1.82) is 0 Å². The van der Waals surface area contributed by atoms with Crippen molar-refractivity contribution in [2.45, 2.75) is 25.3 Å². The normalized spacial score (nSPS) is 11.7. The van der Waals surface area contributed by atoms with Crippen LogP contribution in [0.2, 0.25) is 5.02 Å². The zero-order valence-corrected chi connectivity index (χ0v) is 19.0. The van der Waals surface area contributed by atoms with Gasteiger partial charge in [0.1, 0.15) is 5.75 Å². The molecule has 1 heterocycles. The van der Waals surface area contributed by atoms with Gasteiger partial charge >= 0.3 is 0 Å². The maximum atomic E-state index is 12.8. The van der Waals surface area contributed by atoms with Gasteiger partial charge in [-0.3, -0.25) is 4.79 Å². The quantitative estimate of drug-likeness (QED) is 0.349. The Balaban J connectivity index is 1.36. The number of hydrogen-bond acceptors (Lipinski definition) is 5. The van der Waals surface area contributed by atoms with Crippen molar-refractivity contribution in [3.8, 4) is 17.1 Å². The van der Waals surface area contributed by atoms with Crippen molar-refractivity contribution >= 4 is 17.5 Å². The number of nitrogens with one attached hydrogen (secondary N) is 1. The molecular formula is C26H24ClN3O3. The highest BCUT2D eigenvalue weighted by molar-refractivity contribution is 6.30. The second kappa shape index (κ2) is 10.8. The number of hydrogen-bond donors (Lipinski definition) is 1. The summed E-state index contributed by atoms with van der Waals surface area (Å²) >= 11 is 5.92. The summed E-state index contributed by atoms with van der Waals surface area (Å²) < 4.78 is 10.6. The highest BCUT2D eigenvalue weighted by Crippen LogP contribution is 2.24. The lowest BCUT2D eigenvalue weighted by molar-refractivity contribution is -0.121. The van der Waals surface area contributed by atoms with E-state index in [2.05, 4.69) is 15.5 Å². The molecule has 7 heteroatoms. The van der Waals surface area contributed by atoms with E-state index in [1.165, 1.54) is 0 Å². The summed E-state index contributed by atoms with van der Waals surface area (Å²) in [6, 6.07) is 24.6. The maximum Gasteiger partial charge on any atom is 0.226 e. The van der Waals surface area contributed by atoms with E-state index in [0.29, 0.717) is 36.0 Å². The third kappa shape index (κ3) is 5.99. The third-order valence-electron chi connectivity index (χ3n) is 5.25. The highest BCUT2D eigenvalue weighted by atomic mass is 35.5. The average Bonchev–Trinajstić information content (AvgIpc) is 3.32. The number of ether oxygens (including phenoxy) is 1. The summed E-state index contributed by atoms with van der Waals surface area (Å²) in [4.78, 5) is 17.2. The third-order valence-corrected chi connectivity index (χ3v) is 5.50. The minimum Gasteiger partial charge on any atom is -0.497 e. The van der Waals surface area contributed by atoms with Gasteiger partial charge in [-0.1, -0.05) is 59.2 Å². The fourth-order valence-electron chi connectivity index (χ4n) is 3.51. The van der Waals surface area contributed by atoms with Gasteiger partial charge in [-0.15, -0.1) is 0 Å². The molecule has 1 amide bonds. The van der Waals surface area contributed by atoms with Crippen LogP contribution in [-0.4, -0.2) is 23.2 Å². The molecule has 3 aromatic carbocycles. The van der Waals surface area contributed by atoms with E-state index in [9.17, 15) is 4.79 Å². The number of carbonyl (C=O) groups excluding carboxylic acids is 1. The van der Waals surface area contributed by atoms with Crippen molar-refractivity contribution in [1.82, 2.24) is 15.5 Å². The van der Waals surface area contributed by atoms with Crippen LogP contribution in [0.3, 0.4) is 0 Å². The van der Waals surface area contributed by atoms with E-state index < -0.39 is 0 Å². The summed E-state index contributed by atoms with van der Waals surface area (Å²) in [6.45, 7) is 0. The molecule has 0 aliphatic carbocycles. The van der Waals surface area contributed by atoms with Crippen LogP contribution >= 0.6 is 11.6 Å². The van der Waals surface area contributed by atoms with Gasteiger partial charge in [-0.05, 0) is 53.9 Å². The predicted octanol–water partition coefficient (Wildman–Crippen LogP) is 5.63. The van der Waals surface area contributed by atoms with E-state index >= 15 is 0 Å². The number of carbonyl (C=O) groups is 1. The molecule has 6 nitrogen and oxygen atoms in total. The molecule has 1 N–H and O–H groups in total. The number of amides is 1. The van der Waals surface area contributed by atoms with Crippen LogP contribution in [0.1, 0.15) is 35.9 Å². The van der Waals surface area contributed by atoms with Gasteiger partial charge < -0.3 is 14.6 Å². The lowest BCUT2D eigenvalue weighted by atomic mass is 9.98. The molecule has 0 saturated carbocycles. The van der Waals surface area contributed by atoms with Crippen LogP contribution in [0.25, 0.3) is 11.4 Å². The van der Waals surface area contributed by atoms with Gasteiger partial charge in [-0.2, -0.15) is 4.98 Å². The van der Waals surface area contributed by atoms with Crippen molar-refractivity contribution in [3.05, 3.63) is 101 Å². The van der Waals surface area contributed by atoms with Crippen LogP contribution in [0.15, 0.2) is 83.4 Å². The lowest BCUT2D eigenvalue weighted by Crippen LogP contribution is -2.29. The standard InChI is InChI=1S/C26H24ClN3O3/c1-32-22-16-12-19(13-17-22)25(18-6-3-2-4-7-18)28-23(31)8-5-9-24-29-26(30-33-24)20-10-14-21(27)15-11-20/h2-4,6-7,10-17,25H,5,8-9H2,1H3,(H,28,31). The topological polar surface area (TPSA) is 77.2 Å². The summed E-state index contributed by atoms with van der Waals surface area (Å²) in [6.07, 6.45) is 1.46. The fraction of sp³-hybridized carbons (Fsp3) is 0.192. The highest BCUT2D eigenvalue weighted by Gasteiger charge is 2.17. The number of nitrogens with zero attached hydrogens (tertiary/aromatic N) is 2. The number of aryl methyl sites for hydroxylation is 1. The average molecular weight is 462 g/mol. The molecule has 0 spiro atoms. The molecule has 168 valence electrons. The minimum absolute atomic E-state index is 0.0443. The van der Waals surface area contributed by atoms with Gasteiger partial charge in [0.25, 0.3) is 0 Å². The smallest absolute Gasteiger partial charge is 0.226 e. The van der Waals surface area contributed by atoms with Gasteiger partial charge in [0, 0.05) is 23.4 Å². The Kier molecular flexibility index (Phi) is 7.37. The monoisotopic (exact) mass is 461 g/mol. The first-order valence-electron chi connectivity index (χ1n) is 10.7. The first-order valence-corrected chi connectivity index (χ1v) is 11.1. The maximum absolute atomic E-state index is 12.8. The first-order chi connectivity index (χ1) is 16.1. The van der Waals surface area contributed by atoms with E-state index in [0.717, 1.165) is 22.4 Å². The number of rotatable bonds is 9. The van der Waals surface area contributed by atoms with Crippen LogP contribution in [0.4, 0.5) is 0 Å². The van der Waals surface area contributed by atoms with Crippen molar-refractivity contribution in [2.75, 3.05) is 7.11 Å². The van der Waals surface area contributed by atoms with E-state index in [1.807, 2.05) is 66.7 Å². The Hall–Kier alpha value is -3.64. The number of methoxy groups -OCH3 is 1. The minimum atomic E-state index is -0.246. The fourth-order valence-corrected chi connectivity index (χ4v) is 3.63. The summed E-state index contributed by atoms with van der Waals surface area (Å²) in [5, 5.41) is 7.82. The van der Waals surface area contributed by atoms with Crippen molar-refractivity contribution in [2.24, 2.45) is 0 Å². The van der Waals surface area contributed by atoms with Crippen LogP contribution in [0, 0.1) is 0 Å². The second-order valence-corrected chi connectivity index (χ2v) is 7.99. The molecule has 0 aliphatic heterocycles. The second-order valence-electron chi connectivity index (χ2n) is 7.56. The summed E-state index contributed by atoms with van der Waals surface area (Å²) in [5.74, 6) is 1.74. The molecule has 0 fully saturated rings. The Morgan fingerprint density at radius 3 is 2.39 bits per heavy atom. The number of halogens is 1. The SMILES string of the molecule is COc1ccc(C(NC(=O)CCCc2nc(-c3ccc(Cl)cc3)no2)c2ccccc2)cc1. The first kappa shape index (κ1) is 22.6. The number of benzene rings is 3. The number of aromatic nitrogens is 2. The van der Waals surface area contributed by atoms with Gasteiger partial charge in [-0.25, -0.2) is 0 Å². The Morgan fingerprint density at radius 1 is 1.00 bits per heavy atom. The van der Waals surface area contributed by atoms with E-state index in [4.69, 9.17) is 20.9 Å². The molecule has 1 atom stereocenters. The Labute approximate surface area is 197 Å². The molecule has 0 aliphatic rings. The van der Waals surface area contributed by atoms with Crippen LogP contribution in [-0.2, 0) is 11.2 Å². The Morgan fingerprint density at radius 2 is 1.70 bits per heavy atom. The molecule has 1 aromatic heterocycles. The van der Waals surface area contributed by atoms with E-state index in [1.54, 1.807) is 19.2 Å². The molecular weight excluding hydrogens is 438 g/mol. The molecule has 4 aromatic rings. The molecule has 1 unspecified atom stereocenters. The zero-order chi connectivity index (χ0) is 23.0. The van der Waals surface area contributed by atoms with Crippen molar-refractivity contribution in [3.63, 3.8) is 0 Å². The molecule has 33 heavy (non-hydrogen) atoms.